The number of hydrogen-bond acceptors (Lipinski definition) is 4. The van der Waals surface area contributed by atoms with Gasteiger partial charge in [0.25, 0.3) is 0 Å². The van der Waals surface area contributed by atoms with Crippen molar-refractivity contribution in [3.63, 3.8) is 0 Å². The summed E-state index contributed by atoms with van der Waals surface area (Å²) in [6.45, 7) is 0. The predicted molar refractivity (Wildman–Crippen MR) is 67.8 cm³/mol. The Balaban J connectivity index is 2.12. The van der Waals surface area contributed by atoms with Gasteiger partial charge in [-0.3, -0.25) is 4.57 Å². The molecule has 1 aliphatic carbocycles. The third kappa shape index (κ3) is 2.25. The highest BCUT2D eigenvalue weighted by Crippen LogP contribution is 2.47. The minimum atomic E-state index is -4.46. The van der Waals surface area contributed by atoms with Crippen molar-refractivity contribution >= 4 is 18.9 Å². The molecule has 0 aliphatic heterocycles. The molecule has 2 aromatic rings. The van der Waals surface area contributed by atoms with E-state index in [1.807, 2.05) is 0 Å². The lowest BCUT2D eigenvalue weighted by Gasteiger charge is -2.13. The molecule has 106 valence electrons. The van der Waals surface area contributed by atoms with Crippen LogP contribution in [-0.4, -0.2) is 21.1 Å². The normalized spacial score (nSPS) is 13.2. The van der Waals surface area contributed by atoms with Gasteiger partial charge >= 0.3 is 7.60 Å². The van der Waals surface area contributed by atoms with Crippen molar-refractivity contribution in [3.8, 4) is 17.0 Å². The molecule has 0 amide bonds. The number of halogens is 2. The molecule has 1 aromatic heterocycles. The molecule has 0 spiro atoms. The first-order valence-corrected chi connectivity index (χ1v) is 8.15. The standard InChI is InChI=1S/C11H8F2NO4PS/c12-6-2-7(13)11(18-4-19(15,16)17)9-5(6)1-8-10(9)14-3-20-8/h2-3H,1,4H2,(H2,15,16,17). The highest BCUT2D eigenvalue weighted by molar-refractivity contribution is 7.51. The summed E-state index contributed by atoms with van der Waals surface area (Å²) < 4.78 is 43.3. The van der Waals surface area contributed by atoms with Crippen molar-refractivity contribution in [1.82, 2.24) is 4.98 Å². The van der Waals surface area contributed by atoms with Gasteiger partial charge in [0, 0.05) is 22.9 Å². The molecule has 3 rings (SSSR count). The van der Waals surface area contributed by atoms with E-state index in [2.05, 4.69) is 4.98 Å². The average Bonchev–Trinajstić information content (AvgIpc) is 2.88. The molecule has 0 saturated heterocycles. The molecule has 20 heavy (non-hydrogen) atoms. The van der Waals surface area contributed by atoms with E-state index in [4.69, 9.17) is 14.5 Å². The molecule has 9 heteroatoms. The number of nitrogens with zero attached hydrogens (tertiary/aromatic N) is 1. The lowest BCUT2D eigenvalue weighted by atomic mass is 10.1. The van der Waals surface area contributed by atoms with Crippen LogP contribution in [0.25, 0.3) is 11.3 Å². The Hall–Kier alpha value is -1.34. The zero-order chi connectivity index (χ0) is 14.5. The Bertz CT molecular complexity index is 742. The lowest BCUT2D eigenvalue weighted by Crippen LogP contribution is -2.03. The van der Waals surface area contributed by atoms with E-state index in [9.17, 15) is 13.3 Å². The molecule has 5 nitrogen and oxygen atoms in total. The van der Waals surface area contributed by atoms with Crippen LogP contribution in [0.5, 0.6) is 5.75 Å². The summed E-state index contributed by atoms with van der Waals surface area (Å²) in [5.74, 6) is -2.09. The summed E-state index contributed by atoms with van der Waals surface area (Å²) in [5.41, 5.74) is 2.33. The first-order chi connectivity index (χ1) is 9.37. The van der Waals surface area contributed by atoms with Gasteiger partial charge in [0.05, 0.1) is 16.8 Å². The number of ether oxygens (including phenoxy) is 1. The van der Waals surface area contributed by atoms with Crippen molar-refractivity contribution in [1.29, 1.82) is 0 Å². The third-order valence-electron chi connectivity index (χ3n) is 2.88. The fourth-order valence-corrected chi connectivity index (χ4v) is 3.19. The van der Waals surface area contributed by atoms with Crippen molar-refractivity contribution in [2.75, 3.05) is 6.35 Å². The van der Waals surface area contributed by atoms with E-state index in [0.717, 1.165) is 4.88 Å². The number of hydrogen-bond donors (Lipinski definition) is 2. The van der Waals surface area contributed by atoms with Gasteiger partial charge in [-0.25, -0.2) is 13.8 Å². The zero-order valence-corrected chi connectivity index (χ0v) is 11.5. The minimum Gasteiger partial charge on any atom is -0.477 e. The summed E-state index contributed by atoms with van der Waals surface area (Å²) in [5, 5.41) is 0. The van der Waals surface area contributed by atoms with E-state index in [0.29, 0.717) is 11.8 Å². The van der Waals surface area contributed by atoms with Gasteiger partial charge in [-0.05, 0) is 0 Å². The highest BCUT2D eigenvalue weighted by Gasteiger charge is 2.31. The van der Waals surface area contributed by atoms with Crippen LogP contribution < -0.4 is 4.74 Å². The van der Waals surface area contributed by atoms with Crippen molar-refractivity contribution in [2.24, 2.45) is 0 Å². The summed E-state index contributed by atoms with van der Waals surface area (Å²) in [6.07, 6.45) is -0.699. The summed E-state index contributed by atoms with van der Waals surface area (Å²) >= 11 is 1.31. The van der Waals surface area contributed by atoms with Gasteiger partial charge in [0.2, 0.25) is 0 Å². The predicted octanol–water partition coefficient (Wildman–Crippen LogP) is 2.51. The Kier molecular flexibility index (Phi) is 3.13. The second-order valence-corrected chi connectivity index (χ2v) is 6.79. The number of benzene rings is 1. The number of thiazole rings is 1. The van der Waals surface area contributed by atoms with Gasteiger partial charge < -0.3 is 14.5 Å². The number of fused-ring (bicyclic) bond motifs is 3. The molecule has 0 atom stereocenters. The van der Waals surface area contributed by atoms with Crippen LogP contribution in [-0.2, 0) is 11.0 Å². The van der Waals surface area contributed by atoms with E-state index < -0.39 is 25.6 Å². The van der Waals surface area contributed by atoms with Crippen LogP contribution in [0.3, 0.4) is 0 Å². The number of aromatic nitrogens is 1. The van der Waals surface area contributed by atoms with Crippen LogP contribution in [0.15, 0.2) is 11.6 Å². The molecule has 1 heterocycles. The fraction of sp³-hybridized carbons (Fsp3) is 0.182. The Morgan fingerprint density at radius 2 is 2.15 bits per heavy atom. The minimum absolute atomic E-state index is 0.146. The van der Waals surface area contributed by atoms with Gasteiger partial charge in [0.15, 0.2) is 17.9 Å². The van der Waals surface area contributed by atoms with E-state index in [1.54, 1.807) is 5.51 Å². The molecule has 0 unspecified atom stereocenters. The lowest BCUT2D eigenvalue weighted by molar-refractivity contribution is 0.292. The van der Waals surface area contributed by atoms with Gasteiger partial charge in [-0.15, -0.1) is 11.3 Å². The second-order valence-electron chi connectivity index (χ2n) is 4.26. The van der Waals surface area contributed by atoms with Crippen LogP contribution in [0.4, 0.5) is 8.78 Å². The molecule has 1 aliphatic rings. The number of rotatable bonds is 3. The van der Waals surface area contributed by atoms with Crippen LogP contribution >= 0.6 is 18.9 Å². The molecular weight excluding hydrogens is 311 g/mol. The maximum atomic E-state index is 13.8. The van der Waals surface area contributed by atoms with Crippen molar-refractivity contribution in [3.05, 3.63) is 33.7 Å². The van der Waals surface area contributed by atoms with Crippen molar-refractivity contribution < 1.29 is 27.9 Å². The average molecular weight is 319 g/mol. The highest BCUT2D eigenvalue weighted by atomic mass is 32.1. The quantitative estimate of drug-likeness (QED) is 0.725. The van der Waals surface area contributed by atoms with E-state index in [1.165, 1.54) is 11.3 Å². The molecule has 0 fully saturated rings. The molecular formula is C11H8F2NO4PS. The van der Waals surface area contributed by atoms with Crippen LogP contribution in [0.2, 0.25) is 0 Å². The largest absolute Gasteiger partial charge is 0.477 e. The second kappa shape index (κ2) is 4.60. The van der Waals surface area contributed by atoms with Crippen molar-refractivity contribution in [2.45, 2.75) is 6.42 Å². The summed E-state index contributed by atoms with van der Waals surface area (Å²) in [4.78, 5) is 22.4. The van der Waals surface area contributed by atoms with Crippen LogP contribution in [0, 0.1) is 11.6 Å². The zero-order valence-electron chi connectivity index (χ0n) is 9.84. The van der Waals surface area contributed by atoms with Crippen LogP contribution in [0.1, 0.15) is 10.4 Å². The Labute approximate surface area is 116 Å². The first kappa shape index (κ1) is 13.6. The summed E-state index contributed by atoms with van der Waals surface area (Å²) in [6, 6.07) is 0.657. The SMILES string of the molecule is O=P(O)(O)COc1c(F)cc(F)c2c1-c1ncsc1C2. The molecule has 2 N–H and O–H groups in total. The molecule has 1 aromatic carbocycles. The van der Waals surface area contributed by atoms with Gasteiger partial charge in [-0.1, -0.05) is 0 Å². The van der Waals surface area contributed by atoms with E-state index >= 15 is 0 Å². The Morgan fingerprint density at radius 3 is 2.85 bits per heavy atom. The third-order valence-corrected chi connectivity index (χ3v) is 4.18. The molecule has 0 bridgehead atoms. The first-order valence-electron chi connectivity index (χ1n) is 5.48. The maximum Gasteiger partial charge on any atom is 0.362 e. The summed E-state index contributed by atoms with van der Waals surface area (Å²) in [7, 11) is -4.46. The maximum absolute atomic E-state index is 13.8. The van der Waals surface area contributed by atoms with Gasteiger partial charge in [-0.2, -0.15) is 0 Å². The smallest absolute Gasteiger partial charge is 0.362 e. The monoisotopic (exact) mass is 319 g/mol. The molecule has 0 saturated carbocycles. The van der Waals surface area contributed by atoms with E-state index in [-0.39, 0.29) is 23.3 Å². The van der Waals surface area contributed by atoms with Gasteiger partial charge in [0.1, 0.15) is 5.82 Å². The Morgan fingerprint density at radius 1 is 1.40 bits per heavy atom. The fourth-order valence-electron chi connectivity index (χ4n) is 2.11. The molecule has 0 radical (unpaired) electrons. The topological polar surface area (TPSA) is 79.7 Å².